The van der Waals surface area contributed by atoms with Crippen LogP contribution in [0.5, 0.6) is 0 Å². The first-order valence-electron chi connectivity index (χ1n) is 12.6. The number of thiophene rings is 2. The summed E-state index contributed by atoms with van der Waals surface area (Å²) in [5, 5.41) is 11.2. The van der Waals surface area contributed by atoms with Crippen molar-refractivity contribution in [3.63, 3.8) is 0 Å². The van der Waals surface area contributed by atoms with E-state index >= 15 is 0 Å². The Morgan fingerprint density at radius 1 is 1.15 bits per heavy atom. The highest BCUT2D eigenvalue weighted by molar-refractivity contribution is 7.18. The molecule has 2 aliphatic rings. The SMILES string of the molecule is CCCc1cc2c(N3CCn4c(nnc4C(F)(F)F)C3)nc(N3CCC(NC(=O)c4ccc(Cl)s4)C3)nc2s1. The van der Waals surface area contributed by atoms with Gasteiger partial charge in [-0.3, -0.25) is 4.79 Å². The largest absolute Gasteiger partial charge is 0.451 e. The summed E-state index contributed by atoms with van der Waals surface area (Å²) in [7, 11) is 0. The number of nitrogens with one attached hydrogen (secondary N) is 1. The first kappa shape index (κ1) is 26.3. The molecule has 1 atom stereocenters. The quantitative estimate of drug-likeness (QED) is 0.335. The molecule has 1 unspecified atom stereocenters. The average Bonchev–Trinajstić information content (AvgIpc) is 3.68. The molecule has 6 rings (SSSR count). The lowest BCUT2D eigenvalue weighted by molar-refractivity contribution is -0.147. The summed E-state index contributed by atoms with van der Waals surface area (Å²) in [5.74, 6) is 0.345. The first-order valence-corrected chi connectivity index (χ1v) is 14.6. The molecule has 1 N–H and O–H groups in total. The fourth-order valence-electron chi connectivity index (χ4n) is 5.00. The Balaban J connectivity index is 1.27. The van der Waals surface area contributed by atoms with Gasteiger partial charge in [-0.25, -0.2) is 4.98 Å². The van der Waals surface area contributed by atoms with Gasteiger partial charge in [0.15, 0.2) is 5.82 Å². The number of carbonyl (C=O) groups is 1. The molecule has 6 heterocycles. The van der Waals surface area contributed by atoms with E-state index in [0.717, 1.165) is 34.0 Å². The predicted molar refractivity (Wildman–Crippen MR) is 145 cm³/mol. The summed E-state index contributed by atoms with van der Waals surface area (Å²) >= 11 is 8.82. The zero-order valence-electron chi connectivity index (χ0n) is 20.8. The monoisotopic (exact) mass is 596 g/mol. The lowest BCUT2D eigenvalue weighted by Crippen LogP contribution is -2.37. The number of rotatable bonds is 6. The number of anilines is 2. The van der Waals surface area contributed by atoms with Crippen molar-refractivity contribution < 1.29 is 18.0 Å². The summed E-state index contributed by atoms with van der Waals surface area (Å²) in [6.45, 7) is 3.93. The summed E-state index contributed by atoms with van der Waals surface area (Å²) in [6, 6.07) is 5.42. The van der Waals surface area contributed by atoms with Crippen LogP contribution >= 0.6 is 34.3 Å². The molecule has 0 saturated carbocycles. The van der Waals surface area contributed by atoms with Crippen LogP contribution < -0.4 is 15.1 Å². The van der Waals surface area contributed by atoms with Gasteiger partial charge in [-0.15, -0.1) is 32.9 Å². The molecule has 0 spiro atoms. The molecular formula is C24H24ClF3N8OS2. The van der Waals surface area contributed by atoms with Crippen LogP contribution in [0.4, 0.5) is 24.9 Å². The molecule has 1 fully saturated rings. The number of aromatic nitrogens is 5. The van der Waals surface area contributed by atoms with Crippen LogP contribution in [-0.2, 0) is 25.7 Å². The zero-order chi connectivity index (χ0) is 27.3. The van der Waals surface area contributed by atoms with Gasteiger partial charge in [-0.1, -0.05) is 24.9 Å². The molecule has 4 aromatic rings. The second-order valence-electron chi connectivity index (χ2n) is 9.55. The van der Waals surface area contributed by atoms with Gasteiger partial charge in [0.25, 0.3) is 5.91 Å². The Kier molecular flexibility index (Phi) is 6.88. The van der Waals surface area contributed by atoms with Crippen LogP contribution in [0, 0.1) is 0 Å². The fourth-order valence-corrected chi connectivity index (χ4v) is 7.06. The summed E-state index contributed by atoms with van der Waals surface area (Å²) in [6.07, 6.45) is -1.93. The second-order valence-corrected chi connectivity index (χ2v) is 12.4. The van der Waals surface area contributed by atoms with Crippen LogP contribution in [0.25, 0.3) is 10.2 Å². The third kappa shape index (κ3) is 5.16. The van der Waals surface area contributed by atoms with Gasteiger partial charge in [0, 0.05) is 37.1 Å². The zero-order valence-corrected chi connectivity index (χ0v) is 23.2. The third-order valence-corrected chi connectivity index (χ3v) is 9.14. The number of nitrogens with zero attached hydrogens (tertiary/aromatic N) is 7. The van der Waals surface area contributed by atoms with E-state index in [2.05, 4.69) is 28.5 Å². The molecule has 1 saturated heterocycles. The van der Waals surface area contributed by atoms with Gasteiger partial charge >= 0.3 is 6.18 Å². The van der Waals surface area contributed by atoms with Crippen LogP contribution in [-0.4, -0.2) is 56.3 Å². The number of alkyl halides is 3. The van der Waals surface area contributed by atoms with Gasteiger partial charge in [0.2, 0.25) is 11.8 Å². The number of carbonyl (C=O) groups excluding carboxylic acids is 1. The molecule has 15 heteroatoms. The molecule has 39 heavy (non-hydrogen) atoms. The van der Waals surface area contributed by atoms with Crippen molar-refractivity contribution in [2.45, 2.75) is 51.5 Å². The van der Waals surface area contributed by atoms with E-state index in [-0.39, 0.29) is 30.9 Å². The third-order valence-electron chi connectivity index (χ3n) is 6.82. The van der Waals surface area contributed by atoms with Gasteiger partial charge in [-0.05, 0) is 31.0 Å². The van der Waals surface area contributed by atoms with E-state index in [9.17, 15) is 18.0 Å². The van der Waals surface area contributed by atoms with Gasteiger partial charge in [0.05, 0.1) is 21.1 Å². The minimum Gasteiger partial charge on any atom is -0.347 e. The van der Waals surface area contributed by atoms with Crippen molar-refractivity contribution in [3.8, 4) is 0 Å². The van der Waals surface area contributed by atoms with Crippen LogP contribution in [0.15, 0.2) is 18.2 Å². The minimum absolute atomic E-state index is 0.0746. The normalized spacial score (nSPS) is 17.7. The predicted octanol–water partition coefficient (Wildman–Crippen LogP) is 5.00. The number of amides is 1. The van der Waals surface area contributed by atoms with Gasteiger partial charge in [-0.2, -0.15) is 18.2 Å². The smallest absolute Gasteiger partial charge is 0.347 e. The fraction of sp³-hybridized carbons (Fsp3) is 0.458. The maximum absolute atomic E-state index is 13.4. The molecule has 9 nitrogen and oxygen atoms in total. The van der Waals surface area contributed by atoms with Crippen molar-refractivity contribution in [3.05, 3.63) is 43.9 Å². The maximum atomic E-state index is 13.4. The van der Waals surface area contributed by atoms with E-state index < -0.39 is 12.0 Å². The highest BCUT2D eigenvalue weighted by Gasteiger charge is 2.40. The standard InChI is InChI=1S/C24H24ClF3N8OS2/c1-2-3-14-10-15-19(34-8-9-36-18(12-34)32-33-22(36)24(26,27)28)30-23(31-21(15)38-14)35-7-6-13(11-35)29-20(37)16-4-5-17(25)39-16/h4-5,10,13H,2-3,6-9,11-12H2,1H3,(H,29,37). The number of hydrogen-bond donors (Lipinski definition) is 1. The van der Waals surface area contributed by atoms with Gasteiger partial charge < -0.3 is 19.7 Å². The van der Waals surface area contributed by atoms with E-state index in [1.54, 1.807) is 23.5 Å². The number of aryl methyl sites for hydroxylation is 1. The molecule has 2 aliphatic heterocycles. The number of fused-ring (bicyclic) bond motifs is 2. The summed E-state index contributed by atoms with van der Waals surface area (Å²) in [4.78, 5) is 29.0. The van der Waals surface area contributed by atoms with Crippen LogP contribution in [0.3, 0.4) is 0 Å². The van der Waals surface area contributed by atoms with E-state index in [1.165, 1.54) is 16.2 Å². The average molecular weight is 597 g/mol. The molecule has 0 aliphatic carbocycles. The molecule has 4 aromatic heterocycles. The molecule has 1 amide bonds. The lowest BCUT2D eigenvalue weighted by Gasteiger charge is -2.30. The summed E-state index contributed by atoms with van der Waals surface area (Å²) in [5.41, 5.74) is 0. The van der Waals surface area contributed by atoms with E-state index in [4.69, 9.17) is 21.6 Å². The van der Waals surface area contributed by atoms with Crippen molar-refractivity contribution in [2.24, 2.45) is 0 Å². The van der Waals surface area contributed by atoms with Crippen molar-refractivity contribution in [2.75, 3.05) is 29.4 Å². The molecule has 0 aromatic carbocycles. The molecule has 0 radical (unpaired) electrons. The van der Waals surface area contributed by atoms with Crippen molar-refractivity contribution >= 4 is 62.2 Å². The Morgan fingerprint density at radius 3 is 2.74 bits per heavy atom. The highest BCUT2D eigenvalue weighted by atomic mass is 35.5. The highest BCUT2D eigenvalue weighted by Crippen LogP contribution is 2.36. The molecular weight excluding hydrogens is 573 g/mol. The molecule has 206 valence electrons. The van der Waals surface area contributed by atoms with Crippen LogP contribution in [0.2, 0.25) is 4.34 Å². The van der Waals surface area contributed by atoms with Crippen LogP contribution in [0.1, 0.15) is 46.0 Å². The maximum Gasteiger partial charge on any atom is 0.451 e. The number of halogens is 4. The topological polar surface area (TPSA) is 92.1 Å². The van der Waals surface area contributed by atoms with Crippen molar-refractivity contribution in [1.29, 1.82) is 0 Å². The Hall–Kier alpha value is -2.97. The van der Waals surface area contributed by atoms with Crippen molar-refractivity contribution in [1.82, 2.24) is 30.0 Å². The molecule has 0 bridgehead atoms. The van der Waals surface area contributed by atoms with Gasteiger partial charge in [0.1, 0.15) is 10.6 Å². The first-order chi connectivity index (χ1) is 18.7. The Morgan fingerprint density at radius 2 is 2.00 bits per heavy atom. The van der Waals surface area contributed by atoms with E-state index in [0.29, 0.717) is 40.6 Å². The second kappa shape index (κ2) is 10.2. The Bertz CT molecular complexity index is 1530. The number of hydrogen-bond acceptors (Lipinski definition) is 9. The minimum atomic E-state index is -4.55. The van der Waals surface area contributed by atoms with E-state index in [1.807, 2.05) is 9.80 Å². The Labute approximate surface area is 234 Å². The lowest BCUT2D eigenvalue weighted by atomic mass is 10.2. The summed E-state index contributed by atoms with van der Waals surface area (Å²) < 4.78 is 41.8.